The molecule has 0 aromatic heterocycles. The average molecular weight is 291 g/mol. The van der Waals surface area contributed by atoms with Gasteiger partial charge in [-0.2, -0.15) is 0 Å². The number of hydrogen-bond donors (Lipinski definition) is 1. The number of halogens is 2. The number of benzene rings is 2. The SMILES string of the molecule is CCOC(=O)C(Nc1c(F)cccc1F)c1ccccc1. The summed E-state index contributed by atoms with van der Waals surface area (Å²) in [6.07, 6.45) is 0. The second kappa shape index (κ2) is 6.83. The molecule has 0 radical (unpaired) electrons. The monoisotopic (exact) mass is 291 g/mol. The fraction of sp³-hybridized carbons (Fsp3) is 0.188. The number of rotatable bonds is 5. The topological polar surface area (TPSA) is 38.3 Å². The maximum absolute atomic E-state index is 13.7. The summed E-state index contributed by atoms with van der Waals surface area (Å²) in [6, 6.07) is 11.2. The molecule has 2 rings (SSSR count). The van der Waals surface area contributed by atoms with Crippen LogP contribution in [-0.2, 0) is 9.53 Å². The Morgan fingerprint density at radius 3 is 2.29 bits per heavy atom. The van der Waals surface area contributed by atoms with Gasteiger partial charge in [-0.05, 0) is 24.6 Å². The van der Waals surface area contributed by atoms with Gasteiger partial charge in [0.2, 0.25) is 0 Å². The van der Waals surface area contributed by atoms with Gasteiger partial charge in [0.1, 0.15) is 17.3 Å². The van der Waals surface area contributed by atoms with Crippen LogP contribution < -0.4 is 5.32 Å². The molecule has 0 heterocycles. The largest absolute Gasteiger partial charge is 0.464 e. The lowest BCUT2D eigenvalue weighted by atomic mass is 10.1. The Morgan fingerprint density at radius 1 is 1.10 bits per heavy atom. The minimum atomic E-state index is -0.974. The number of para-hydroxylation sites is 1. The summed E-state index contributed by atoms with van der Waals surface area (Å²) in [6.45, 7) is 1.85. The molecule has 2 aromatic rings. The Morgan fingerprint density at radius 2 is 1.71 bits per heavy atom. The Kier molecular flexibility index (Phi) is 4.87. The zero-order chi connectivity index (χ0) is 15.2. The second-order valence-electron chi connectivity index (χ2n) is 4.34. The summed E-state index contributed by atoms with van der Waals surface area (Å²) in [5.41, 5.74) is 0.220. The molecule has 0 spiro atoms. The molecule has 1 N–H and O–H groups in total. The summed E-state index contributed by atoms with van der Waals surface area (Å²) in [7, 11) is 0. The van der Waals surface area contributed by atoms with Crippen LogP contribution in [0.5, 0.6) is 0 Å². The summed E-state index contributed by atoms with van der Waals surface area (Å²) in [5, 5.41) is 2.59. The van der Waals surface area contributed by atoms with Gasteiger partial charge in [0.05, 0.1) is 6.61 Å². The third-order valence-electron chi connectivity index (χ3n) is 2.91. The zero-order valence-electron chi connectivity index (χ0n) is 11.5. The van der Waals surface area contributed by atoms with Crippen molar-refractivity contribution >= 4 is 11.7 Å². The Bertz CT molecular complexity index is 597. The molecule has 0 amide bonds. The van der Waals surface area contributed by atoms with Crippen molar-refractivity contribution in [2.45, 2.75) is 13.0 Å². The molecule has 1 unspecified atom stereocenters. The first-order valence-electron chi connectivity index (χ1n) is 6.55. The first-order valence-corrected chi connectivity index (χ1v) is 6.55. The molecule has 0 fully saturated rings. The Hall–Kier alpha value is -2.43. The van der Waals surface area contributed by atoms with Crippen LogP contribution in [0.15, 0.2) is 48.5 Å². The van der Waals surface area contributed by atoms with E-state index in [1.807, 2.05) is 0 Å². The number of esters is 1. The molecule has 0 saturated heterocycles. The predicted molar refractivity (Wildman–Crippen MR) is 75.8 cm³/mol. The van der Waals surface area contributed by atoms with E-state index in [1.165, 1.54) is 6.07 Å². The van der Waals surface area contributed by atoms with E-state index in [4.69, 9.17) is 4.74 Å². The summed E-state index contributed by atoms with van der Waals surface area (Å²) in [4.78, 5) is 12.0. The average Bonchev–Trinajstić information content (AvgIpc) is 2.48. The summed E-state index contributed by atoms with van der Waals surface area (Å²) < 4.78 is 32.4. The van der Waals surface area contributed by atoms with Crippen LogP contribution in [0.1, 0.15) is 18.5 Å². The van der Waals surface area contributed by atoms with Gasteiger partial charge >= 0.3 is 5.97 Å². The molecule has 5 heteroatoms. The van der Waals surface area contributed by atoms with Gasteiger partial charge in [0, 0.05) is 0 Å². The van der Waals surface area contributed by atoms with Crippen molar-refractivity contribution in [3.8, 4) is 0 Å². The van der Waals surface area contributed by atoms with E-state index >= 15 is 0 Å². The molecule has 2 aromatic carbocycles. The van der Waals surface area contributed by atoms with E-state index in [0.717, 1.165) is 12.1 Å². The van der Waals surface area contributed by atoms with Gasteiger partial charge < -0.3 is 10.1 Å². The first kappa shape index (κ1) is 15.0. The van der Waals surface area contributed by atoms with Crippen molar-refractivity contribution in [2.24, 2.45) is 0 Å². The van der Waals surface area contributed by atoms with Gasteiger partial charge in [-0.25, -0.2) is 13.6 Å². The number of ether oxygens (including phenoxy) is 1. The molecule has 0 aliphatic rings. The van der Waals surface area contributed by atoms with Crippen LogP contribution in [-0.4, -0.2) is 12.6 Å². The minimum absolute atomic E-state index is 0.184. The Labute approximate surface area is 121 Å². The highest BCUT2D eigenvalue weighted by atomic mass is 19.1. The maximum atomic E-state index is 13.7. The lowest BCUT2D eigenvalue weighted by molar-refractivity contribution is -0.144. The summed E-state index contributed by atoms with van der Waals surface area (Å²) in [5.74, 6) is -2.12. The number of hydrogen-bond acceptors (Lipinski definition) is 3. The minimum Gasteiger partial charge on any atom is -0.464 e. The first-order chi connectivity index (χ1) is 10.1. The van der Waals surface area contributed by atoms with E-state index in [1.54, 1.807) is 37.3 Å². The van der Waals surface area contributed by atoms with Gasteiger partial charge in [-0.15, -0.1) is 0 Å². The number of anilines is 1. The molecule has 0 saturated carbocycles. The van der Waals surface area contributed by atoms with Crippen molar-refractivity contribution in [3.05, 3.63) is 65.7 Å². The fourth-order valence-corrected chi connectivity index (χ4v) is 1.93. The highest BCUT2D eigenvalue weighted by Gasteiger charge is 2.24. The predicted octanol–water partition coefficient (Wildman–Crippen LogP) is 3.68. The third-order valence-corrected chi connectivity index (χ3v) is 2.91. The highest BCUT2D eigenvalue weighted by molar-refractivity contribution is 5.81. The fourth-order valence-electron chi connectivity index (χ4n) is 1.93. The lowest BCUT2D eigenvalue weighted by Crippen LogP contribution is -2.24. The molecular weight excluding hydrogens is 276 g/mol. The van der Waals surface area contributed by atoms with Crippen molar-refractivity contribution in [2.75, 3.05) is 11.9 Å². The van der Waals surface area contributed by atoms with Crippen LogP contribution in [0.2, 0.25) is 0 Å². The van der Waals surface area contributed by atoms with E-state index in [0.29, 0.717) is 5.56 Å². The van der Waals surface area contributed by atoms with Gasteiger partial charge in [-0.1, -0.05) is 36.4 Å². The van der Waals surface area contributed by atoms with E-state index in [2.05, 4.69) is 5.32 Å². The van der Waals surface area contributed by atoms with Crippen LogP contribution in [0.3, 0.4) is 0 Å². The summed E-state index contributed by atoms with van der Waals surface area (Å²) >= 11 is 0. The zero-order valence-corrected chi connectivity index (χ0v) is 11.5. The van der Waals surface area contributed by atoms with Crippen molar-refractivity contribution < 1.29 is 18.3 Å². The van der Waals surface area contributed by atoms with E-state index < -0.39 is 23.6 Å². The molecule has 1 atom stereocenters. The number of nitrogens with one attached hydrogen (secondary N) is 1. The molecule has 3 nitrogen and oxygen atoms in total. The van der Waals surface area contributed by atoms with Crippen LogP contribution in [0.4, 0.5) is 14.5 Å². The van der Waals surface area contributed by atoms with Gasteiger partial charge in [0.15, 0.2) is 6.04 Å². The normalized spacial score (nSPS) is 11.8. The van der Waals surface area contributed by atoms with E-state index in [9.17, 15) is 13.6 Å². The molecule has 0 aliphatic carbocycles. The quantitative estimate of drug-likeness (QED) is 0.854. The van der Waals surface area contributed by atoms with Gasteiger partial charge in [-0.3, -0.25) is 0 Å². The highest BCUT2D eigenvalue weighted by Crippen LogP contribution is 2.25. The lowest BCUT2D eigenvalue weighted by Gasteiger charge is -2.19. The van der Waals surface area contributed by atoms with Crippen molar-refractivity contribution in [3.63, 3.8) is 0 Å². The molecule has 110 valence electrons. The molecule has 0 bridgehead atoms. The van der Waals surface area contributed by atoms with Crippen LogP contribution in [0.25, 0.3) is 0 Å². The van der Waals surface area contributed by atoms with E-state index in [-0.39, 0.29) is 12.3 Å². The smallest absolute Gasteiger partial charge is 0.333 e. The number of carbonyl (C=O) groups is 1. The molecular formula is C16H15F2NO2. The maximum Gasteiger partial charge on any atom is 0.333 e. The van der Waals surface area contributed by atoms with Crippen molar-refractivity contribution in [1.29, 1.82) is 0 Å². The molecule has 0 aliphatic heterocycles. The second-order valence-corrected chi connectivity index (χ2v) is 4.34. The standard InChI is InChI=1S/C16H15F2NO2/c1-2-21-16(20)14(11-7-4-3-5-8-11)19-15-12(17)9-6-10-13(15)18/h3-10,14,19H,2H2,1H3. The number of carbonyl (C=O) groups excluding carboxylic acids is 1. The third kappa shape index (κ3) is 3.56. The van der Waals surface area contributed by atoms with Crippen molar-refractivity contribution in [1.82, 2.24) is 0 Å². The van der Waals surface area contributed by atoms with Crippen LogP contribution in [0, 0.1) is 11.6 Å². The molecule has 21 heavy (non-hydrogen) atoms. The Balaban J connectivity index is 2.35. The van der Waals surface area contributed by atoms with Gasteiger partial charge in [0.25, 0.3) is 0 Å². The van der Waals surface area contributed by atoms with Crippen LogP contribution >= 0.6 is 0 Å².